The number of morpholine rings is 1. The number of ether oxygens (including phenoxy) is 1. The van der Waals surface area contributed by atoms with Crippen LogP contribution >= 0.6 is 0 Å². The van der Waals surface area contributed by atoms with E-state index in [4.69, 9.17) is 4.74 Å². The molecule has 21 heavy (non-hydrogen) atoms. The first-order chi connectivity index (χ1) is 10.1. The first-order valence-electron chi connectivity index (χ1n) is 6.98. The second-order valence-electron chi connectivity index (χ2n) is 4.90. The quantitative estimate of drug-likeness (QED) is 0.638. The van der Waals surface area contributed by atoms with Crippen LogP contribution in [0.25, 0.3) is 0 Å². The average Bonchev–Trinajstić information content (AvgIpc) is 2.47. The molecule has 1 N–H and O–H groups in total. The van der Waals surface area contributed by atoms with Gasteiger partial charge in [0.2, 0.25) is 5.91 Å². The highest BCUT2D eigenvalue weighted by Gasteiger charge is 2.20. The second-order valence-corrected chi connectivity index (χ2v) is 4.90. The van der Waals surface area contributed by atoms with Crippen molar-refractivity contribution in [2.45, 2.75) is 19.9 Å². The molecule has 0 spiro atoms. The van der Waals surface area contributed by atoms with Gasteiger partial charge < -0.3 is 15.0 Å². The number of nitrogens with one attached hydrogen (secondary N) is 1. The molecule has 1 heterocycles. The van der Waals surface area contributed by atoms with Crippen LogP contribution in [0.1, 0.15) is 18.9 Å². The monoisotopic (exact) mass is 293 g/mol. The summed E-state index contributed by atoms with van der Waals surface area (Å²) >= 11 is 0. The van der Waals surface area contributed by atoms with E-state index < -0.39 is 4.92 Å². The summed E-state index contributed by atoms with van der Waals surface area (Å²) in [7, 11) is 0. The molecule has 1 amide bonds. The van der Waals surface area contributed by atoms with Gasteiger partial charge in [0.1, 0.15) is 12.3 Å². The molecule has 0 aromatic heterocycles. The molecule has 1 aromatic rings. The summed E-state index contributed by atoms with van der Waals surface area (Å²) in [4.78, 5) is 24.0. The Morgan fingerprint density at radius 2 is 2.29 bits per heavy atom. The Bertz CT molecular complexity index is 533. The second kappa shape index (κ2) is 7.03. The van der Waals surface area contributed by atoms with Crippen LogP contribution in [0, 0.1) is 10.1 Å². The van der Waals surface area contributed by atoms with Crippen molar-refractivity contribution in [3.05, 3.63) is 33.9 Å². The first-order valence-corrected chi connectivity index (χ1v) is 6.98. The predicted octanol–water partition coefficient (Wildman–Crippen LogP) is 1.78. The van der Waals surface area contributed by atoms with Gasteiger partial charge in [0, 0.05) is 25.7 Å². The number of nitrogens with zero attached hydrogens (tertiary/aromatic N) is 2. The summed E-state index contributed by atoms with van der Waals surface area (Å²) in [5, 5.41) is 14.1. The SMILES string of the molecule is CCCNc1cc(CN2CCOCC2=O)ccc1[N+](=O)[O-]. The minimum Gasteiger partial charge on any atom is -0.379 e. The Labute approximate surface area is 123 Å². The zero-order chi connectivity index (χ0) is 15.2. The van der Waals surface area contributed by atoms with Crippen LogP contribution in [0.2, 0.25) is 0 Å². The first kappa shape index (κ1) is 15.2. The topological polar surface area (TPSA) is 84.7 Å². The minimum atomic E-state index is -0.401. The van der Waals surface area contributed by atoms with Gasteiger partial charge in [-0.15, -0.1) is 0 Å². The fourth-order valence-corrected chi connectivity index (χ4v) is 2.18. The molecule has 0 bridgehead atoms. The van der Waals surface area contributed by atoms with E-state index in [1.807, 2.05) is 6.92 Å². The maximum atomic E-state index is 11.7. The lowest BCUT2D eigenvalue weighted by molar-refractivity contribution is -0.384. The molecule has 0 radical (unpaired) electrons. The van der Waals surface area contributed by atoms with Crippen LogP contribution in [0.4, 0.5) is 11.4 Å². The molecule has 114 valence electrons. The molecule has 1 aliphatic rings. The summed E-state index contributed by atoms with van der Waals surface area (Å²) in [6, 6.07) is 4.92. The van der Waals surface area contributed by atoms with Crippen LogP contribution < -0.4 is 5.32 Å². The summed E-state index contributed by atoms with van der Waals surface area (Å²) < 4.78 is 5.08. The van der Waals surface area contributed by atoms with Crippen molar-refractivity contribution in [2.24, 2.45) is 0 Å². The lowest BCUT2D eigenvalue weighted by atomic mass is 10.1. The highest BCUT2D eigenvalue weighted by molar-refractivity contribution is 5.78. The molecular formula is C14H19N3O4. The Balaban J connectivity index is 2.16. The molecule has 1 aliphatic heterocycles. The van der Waals surface area contributed by atoms with Crippen molar-refractivity contribution in [1.82, 2.24) is 4.90 Å². The van der Waals surface area contributed by atoms with Gasteiger partial charge in [0.15, 0.2) is 0 Å². The van der Waals surface area contributed by atoms with Gasteiger partial charge in [-0.2, -0.15) is 0 Å². The number of carbonyl (C=O) groups excluding carboxylic acids is 1. The predicted molar refractivity (Wildman–Crippen MR) is 78.1 cm³/mol. The van der Waals surface area contributed by atoms with Gasteiger partial charge in [-0.1, -0.05) is 13.0 Å². The lowest BCUT2D eigenvalue weighted by Crippen LogP contribution is -2.40. The molecule has 7 heteroatoms. The Morgan fingerprint density at radius 3 is 2.95 bits per heavy atom. The number of hydrogen-bond acceptors (Lipinski definition) is 5. The van der Waals surface area contributed by atoms with E-state index in [-0.39, 0.29) is 18.2 Å². The standard InChI is InChI=1S/C14H19N3O4/c1-2-5-15-12-8-11(3-4-13(12)17(19)20)9-16-6-7-21-10-14(16)18/h3-4,8,15H,2,5-7,9-10H2,1H3. The van der Waals surface area contributed by atoms with Gasteiger partial charge in [0.25, 0.3) is 5.69 Å². The number of nitro groups is 1. The Hall–Kier alpha value is -2.15. The third kappa shape index (κ3) is 3.91. The smallest absolute Gasteiger partial charge is 0.292 e. The van der Waals surface area contributed by atoms with Gasteiger partial charge >= 0.3 is 0 Å². The van der Waals surface area contributed by atoms with E-state index in [1.165, 1.54) is 6.07 Å². The Kier molecular flexibility index (Phi) is 5.10. The fourth-order valence-electron chi connectivity index (χ4n) is 2.18. The van der Waals surface area contributed by atoms with Crippen LogP contribution in [0.15, 0.2) is 18.2 Å². The van der Waals surface area contributed by atoms with Crippen LogP contribution in [-0.2, 0) is 16.1 Å². The van der Waals surface area contributed by atoms with Crippen LogP contribution in [0.3, 0.4) is 0 Å². The number of anilines is 1. The van der Waals surface area contributed by atoms with Gasteiger partial charge in [-0.25, -0.2) is 0 Å². The molecule has 1 aromatic carbocycles. The van der Waals surface area contributed by atoms with Crippen molar-refractivity contribution in [3.63, 3.8) is 0 Å². The molecule has 2 rings (SSSR count). The molecule has 1 fully saturated rings. The minimum absolute atomic E-state index is 0.0531. The number of rotatable bonds is 6. The normalized spacial score (nSPS) is 15.1. The molecule has 1 saturated heterocycles. The Morgan fingerprint density at radius 1 is 1.48 bits per heavy atom. The van der Waals surface area contributed by atoms with E-state index in [9.17, 15) is 14.9 Å². The summed E-state index contributed by atoms with van der Waals surface area (Å²) in [5.41, 5.74) is 1.43. The average molecular weight is 293 g/mol. The van der Waals surface area contributed by atoms with Crippen LogP contribution in [-0.4, -0.2) is 42.0 Å². The maximum absolute atomic E-state index is 11.7. The zero-order valence-electron chi connectivity index (χ0n) is 12.0. The fraction of sp³-hybridized carbons (Fsp3) is 0.500. The van der Waals surface area contributed by atoms with Crippen LogP contribution in [0.5, 0.6) is 0 Å². The molecule has 7 nitrogen and oxygen atoms in total. The van der Waals surface area contributed by atoms with E-state index in [0.29, 0.717) is 31.9 Å². The number of nitro benzene ring substituents is 1. The molecule has 0 aliphatic carbocycles. The van der Waals surface area contributed by atoms with Crippen molar-refractivity contribution in [2.75, 3.05) is 31.6 Å². The van der Waals surface area contributed by atoms with E-state index in [0.717, 1.165) is 12.0 Å². The largest absolute Gasteiger partial charge is 0.379 e. The van der Waals surface area contributed by atoms with Crippen molar-refractivity contribution in [3.8, 4) is 0 Å². The molecule has 0 atom stereocenters. The number of amides is 1. The molecular weight excluding hydrogens is 274 g/mol. The lowest BCUT2D eigenvalue weighted by Gasteiger charge is -2.27. The number of carbonyl (C=O) groups is 1. The van der Waals surface area contributed by atoms with Crippen molar-refractivity contribution < 1.29 is 14.5 Å². The van der Waals surface area contributed by atoms with E-state index in [1.54, 1.807) is 17.0 Å². The number of benzene rings is 1. The van der Waals surface area contributed by atoms with E-state index in [2.05, 4.69) is 5.32 Å². The van der Waals surface area contributed by atoms with E-state index >= 15 is 0 Å². The van der Waals surface area contributed by atoms with Gasteiger partial charge in [0.05, 0.1) is 11.5 Å². The maximum Gasteiger partial charge on any atom is 0.292 e. The highest BCUT2D eigenvalue weighted by Crippen LogP contribution is 2.26. The summed E-state index contributed by atoms with van der Waals surface area (Å²) in [6.45, 7) is 4.29. The zero-order valence-corrected chi connectivity index (χ0v) is 12.0. The third-order valence-electron chi connectivity index (χ3n) is 3.28. The summed E-state index contributed by atoms with van der Waals surface area (Å²) in [6.07, 6.45) is 0.878. The summed E-state index contributed by atoms with van der Waals surface area (Å²) in [5.74, 6) is -0.0531. The van der Waals surface area contributed by atoms with Gasteiger partial charge in [-0.3, -0.25) is 14.9 Å². The van der Waals surface area contributed by atoms with Gasteiger partial charge in [-0.05, 0) is 18.1 Å². The van der Waals surface area contributed by atoms with Crippen molar-refractivity contribution in [1.29, 1.82) is 0 Å². The highest BCUT2D eigenvalue weighted by atomic mass is 16.6. The molecule has 0 unspecified atom stereocenters. The molecule has 0 saturated carbocycles. The number of hydrogen-bond donors (Lipinski definition) is 1. The van der Waals surface area contributed by atoms with Crippen molar-refractivity contribution >= 4 is 17.3 Å². The third-order valence-corrected chi connectivity index (χ3v) is 3.28.